The molecular formula is C10H10BrNO4. The molecule has 0 aliphatic carbocycles. The van der Waals surface area contributed by atoms with E-state index >= 15 is 0 Å². The fourth-order valence-electron chi connectivity index (χ4n) is 0.988. The van der Waals surface area contributed by atoms with Crippen molar-refractivity contribution in [1.29, 1.82) is 0 Å². The number of aliphatic carboxylic acids is 1. The highest BCUT2D eigenvalue weighted by atomic mass is 79.9. The van der Waals surface area contributed by atoms with E-state index in [-0.39, 0.29) is 5.75 Å². The summed E-state index contributed by atoms with van der Waals surface area (Å²) in [6.07, 6.45) is 1.22. The summed E-state index contributed by atoms with van der Waals surface area (Å²) in [6, 6.07) is 3.49. The quantitative estimate of drug-likeness (QED) is 0.721. The first kappa shape index (κ1) is 12.7. The largest absolute Gasteiger partial charge is 0.507 e. The number of carboxylic acids is 1. The van der Waals surface area contributed by atoms with Crippen LogP contribution in [0.5, 0.6) is 5.75 Å². The Kier molecular flexibility index (Phi) is 4.45. The number of halogens is 1. The van der Waals surface area contributed by atoms with E-state index < -0.39 is 18.6 Å². The van der Waals surface area contributed by atoms with Gasteiger partial charge in [0, 0.05) is 16.3 Å². The van der Waals surface area contributed by atoms with Gasteiger partial charge in [0.2, 0.25) is 0 Å². The fourth-order valence-corrected chi connectivity index (χ4v) is 1.37. The average Bonchev–Trinajstić information content (AvgIpc) is 2.23. The Balaban J connectivity index is 2.90. The molecule has 0 saturated heterocycles. The van der Waals surface area contributed by atoms with Crippen molar-refractivity contribution in [3.8, 4) is 5.75 Å². The fraction of sp³-hybridized carbons (Fsp3) is 0.200. The number of rotatable bonds is 4. The summed E-state index contributed by atoms with van der Waals surface area (Å²) >= 11 is 3.21. The number of benzene rings is 1. The molecule has 5 nitrogen and oxygen atoms in total. The van der Waals surface area contributed by atoms with Gasteiger partial charge in [0.15, 0.2) is 6.04 Å². The van der Waals surface area contributed by atoms with Crippen LogP contribution in [0.25, 0.3) is 0 Å². The first-order valence-corrected chi connectivity index (χ1v) is 5.19. The van der Waals surface area contributed by atoms with Crippen LogP contribution >= 0.6 is 15.9 Å². The van der Waals surface area contributed by atoms with Gasteiger partial charge in [-0.3, -0.25) is 4.99 Å². The molecule has 6 heteroatoms. The molecule has 1 atom stereocenters. The van der Waals surface area contributed by atoms with Gasteiger partial charge < -0.3 is 15.3 Å². The van der Waals surface area contributed by atoms with E-state index in [4.69, 9.17) is 10.2 Å². The number of aliphatic imine (C=N–C) groups is 1. The zero-order valence-corrected chi connectivity index (χ0v) is 9.75. The maximum absolute atomic E-state index is 10.6. The number of carboxylic acid groups (broad SMARTS) is 1. The van der Waals surface area contributed by atoms with Crippen molar-refractivity contribution in [2.75, 3.05) is 6.61 Å². The van der Waals surface area contributed by atoms with Gasteiger partial charge in [-0.25, -0.2) is 4.79 Å². The second-order valence-corrected chi connectivity index (χ2v) is 3.93. The second kappa shape index (κ2) is 5.62. The van der Waals surface area contributed by atoms with Crippen LogP contribution in [-0.4, -0.2) is 40.2 Å². The standard InChI is InChI=1S/C10H10BrNO4/c11-7-1-2-9(14)6(3-7)4-12-8(5-13)10(15)16/h1-4,8,13-14H,5H2,(H,15,16). The van der Waals surface area contributed by atoms with Crippen molar-refractivity contribution in [2.24, 2.45) is 4.99 Å². The molecule has 86 valence electrons. The van der Waals surface area contributed by atoms with E-state index in [0.29, 0.717) is 5.56 Å². The van der Waals surface area contributed by atoms with E-state index in [0.717, 1.165) is 4.47 Å². The number of aliphatic hydroxyl groups excluding tert-OH is 1. The van der Waals surface area contributed by atoms with Gasteiger partial charge in [-0.05, 0) is 18.2 Å². The zero-order valence-electron chi connectivity index (χ0n) is 8.17. The predicted octanol–water partition coefficient (Wildman–Crippen LogP) is 1.02. The lowest BCUT2D eigenvalue weighted by molar-refractivity contribution is -0.139. The van der Waals surface area contributed by atoms with Crippen molar-refractivity contribution in [3.63, 3.8) is 0 Å². The topological polar surface area (TPSA) is 90.1 Å². The molecule has 1 aromatic carbocycles. The maximum atomic E-state index is 10.6. The maximum Gasteiger partial charge on any atom is 0.330 e. The molecule has 1 rings (SSSR count). The van der Waals surface area contributed by atoms with E-state index in [9.17, 15) is 9.90 Å². The van der Waals surface area contributed by atoms with Gasteiger partial charge in [0.25, 0.3) is 0 Å². The number of phenolic OH excluding ortho intramolecular Hbond substituents is 1. The molecule has 0 aliphatic heterocycles. The lowest BCUT2D eigenvalue weighted by Gasteiger charge is -2.03. The van der Waals surface area contributed by atoms with Crippen molar-refractivity contribution in [3.05, 3.63) is 28.2 Å². The first-order chi connectivity index (χ1) is 7.54. The molecule has 0 bridgehead atoms. The lowest BCUT2D eigenvalue weighted by Crippen LogP contribution is -2.22. The van der Waals surface area contributed by atoms with Crippen molar-refractivity contribution in [2.45, 2.75) is 6.04 Å². The molecule has 1 unspecified atom stereocenters. The van der Waals surface area contributed by atoms with Crippen molar-refractivity contribution in [1.82, 2.24) is 0 Å². The molecule has 0 amide bonds. The molecule has 0 saturated carbocycles. The van der Waals surface area contributed by atoms with Crippen LogP contribution in [0.15, 0.2) is 27.7 Å². The van der Waals surface area contributed by atoms with Crippen LogP contribution in [0.1, 0.15) is 5.56 Å². The van der Waals surface area contributed by atoms with Gasteiger partial charge >= 0.3 is 5.97 Å². The zero-order chi connectivity index (χ0) is 12.1. The Morgan fingerprint density at radius 1 is 1.56 bits per heavy atom. The highest BCUT2D eigenvalue weighted by Crippen LogP contribution is 2.20. The number of nitrogens with zero attached hydrogens (tertiary/aromatic N) is 1. The average molecular weight is 288 g/mol. The molecule has 0 fully saturated rings. The van der Waals surface area contributed by atoms with Crippen LogP contribution in [0.3, 0.4) is 0 Å². The van der Waals surface area contributed by atoms with Crippen LogP contribution in [0, 0.1) is 0 Å². The van der Waals surface area contributed by atoms with Gasteiger partial charge in [-0.2, -0.15) is 0 Å². The minimum Gasteiger partial charge on any atom is -0.507 e. The molecule has 0 aliphatic rings. The second-order valence-electron chi connectivity index (χ2n) is 3.02. The van der Waals surface area contributed by atoms with Crippen LogP contribution in [-0.2, 0) is 4.79 Å². The predicted molar refractivity (Wildman–Crippen MR) is 61.9 cm³/mol. The van der Waals surface area contributed by atoms with Gasteiger partial charge in [0.05, 0.1) is 6.61 Å². The number of hydrogen-bond donors (Lipinski definition) is 3. The third-order valence-corrected chi connectivity index (χ3v) is 2.33. The summed E-state index contributed by atoms with van der Waals surface area (Å²) in [4.78, 5) is 14.2. The SMILES string of the molecule is O=C(O)C(CO)N=Cc1cc(Br)ccc1O. The molecule has 3 N–H and O–H groups in total. The highest BCUT2D eigenvalue weighted by Gasteiger charge is 2.13. The third-order valence-electron chi connectivity index (χ3n) is 1.84. The molecule has 0 aromatic heterocycles. The number of carbonyl (C=O) groups is 1. The molecule has 0 heterocycles. The van der Waals surface area contributed by atoms with Crippen molar-refractivity contribution < 1.29 is 20.1 Å². The van der Waals surface area contributed by atoms with Crippen LogP contribution in [0.4, 0.5) is 0 Å². The third kappa shape index (κ3) is 3.32. The number of aliphatic hydroxyl groups is 1. The van der Waals surface area contributed by atoms with Crippen LogP contribution < -0.4 is 0 Å². The van der Waals surface area contributed by atoms with E-state index in [1.54, 1.807) is 12.1 Å². The first-order valence-electron chi connectivity index (χ1n) is 4.40. The van der Waals surface area contributed by atoms with E-state index in [1.165, 1.54) is 12.3 Å². The van der Waals surface area contributed by atoms with Gasteiger partial charge in [-0.1, -0.05) is 15.9 Å². The monoisotopic (exact) mass is 287 g/mol. The smallest absolute Gasteiger partial charge is 0.330 e. The summed E-state index contributed by atoms with van der Waals surface area (Å²) in [5, 5.41) is 26.8. The van der Waals surface area contributed by atoms with Gasteiger partial charge in [-0.15, -0.1) is 0 Å². The van der Waals surface area contributed by atoms with Crippen LogP contribution in [0.2, 0.25) is 0 Å². The summed E-state index contributed by atoms with van der Waals surface area (Å²) in [5.41, 5.74) is 0.383. The molecule has 0 spiro atoms. The summed E-state index contributed by atoms with van der Waals surface area (Å²) in [6.45, 7) is -0.583. The number of phenols is 1. The van der Waals surface area contributed by atoms with Crippen molar-refractivity contribution >= 4 is 28.1 Å². The Bertz CT molecular complexity index is 419. The Hall–Kier alpha value is -1.40. The molecule has 16 heavy (non-hydrogen) atoms. The lowest BCUT2D eigenvalue weighted by atomic mass is 10.2. The van der Waals surface area contributed by atoms with E-state index in [2.05, 4.69) is 20.9 Å². The summed E-state index contributed by atoms with van der Waals surface area (Å²) in [5.74, 6) is -1.22. The highest BCUT2D eigenvalue weighted by molar-refractivity contribution is 9.10. The Morgan fingerprint density at radius 3 is 2.81 bits per heavy atom. The number of aromatic hydroxyl groups is 1. The molecule has 1 aromatic rings. The van der Waals surface area contributed by atoms with E-state index in [1.807, 2.05) is 0 Å². The minimum atomic E-state index is -1.21. The molecule has 0 radical (unpaired) electrons. The number of hydrogen-bond acceptors (Lipinski definition) is 4. The minimum absolute atomic E-state index is 0.00553. The van der Waals surface area contributed by atoms with Gasteiger partial charge in [0.1, 0.15) is 5.75 Å². The normalized spacial score (nSPS) is 12.9. The Labute approximate surface area is 100 Å². The summed E-state index contributed by atoms with van der Waals surface area (Å²) < 4.78 is 0.739. The summed E-state index contributed by atoms with van der Waals surface area (Å²) in [7, 11) is 0. The molecular weight excluding hydrogens is 278 g/mol. The Morgan fingerprint density at radius 2 is 2.25 bits per heavy atom.